The van der Waals surface area contributed by atoms with Gasteiger partial charge in [-0.25, -0.2) is 4.98 Å². The van der Waals surface area contributed by atoms with Crippen molar-refractivity contribution in [3.05, 3.63) is 134 Å². The highest BCUT2D eigenvalue weighted by molar-refractivity contribution is 9.13. The van der Waals surface area contributed by atoms with Crippen molar-refractivity contribution in [1.29, 1.82) is 0 Å². The number of aldehydes is 1. The van der Waals surface area contributed by atoms with Gasteiger partial charge < -0.3 is 4.57 Å². The molecule has 0 radical (unpaired) electrons. The van der Waals surface area contributed by atoms with Crippen molar-refractivity contribution in [3.63, 3.8) is 0 Å². The zero-order chi connectivity index (χ0) is 22.8. The van der Waals surface area contributed by atoms with E-state index in [0.29, 0.717) is 5.69 Å². The largest absolute Gasteiger partial charge is 0.311 e. The van der Waals surface area contributed by atoms with Crippen LogP contribution in [0.2, 0.25) is 0 Å². The molecular formula is C27H18Br2N2OS. The van der Waals surface area contributed by atoms with E-state index in [0.717, 1.165) is 42.6 Å². The number of nitrogens with zero attached hydrogens (tertiary/aromatic N) is 2. The molecule has 5 rings (SSSR count). The van der Waals surface area contributed by atoms with E-state index < -0.39 is 5.54 Å². The third-order valence-corrected chi connectivity index (χ3v) is 9.20. The average Bonchev–Trinajstić information content (AvgIpc) is 3.45. The van der Waals surface area contributed by atoms with E-state index in [1.807, 2.05) is 66.2 Å². The van der Waals surface area contributed by atoms with Gasteiger partial charge in [0.25, 0.3) is 0 Å². The fourth-order valence-electron chi connectivity index (χ4n) is 4.30. The Bertz CT molecular complexity index is 1300. The van der Waals surface area contributed by atoms with E-state index in [1.54, 1.807) is 11.3 Å². The van der Waals surface area contributed by atoms with Crippen molar-refractivity contribution >= 4 is 49.5 Å². The number of carbonyl (C=O) groups excluding carboxylic acids is 1. The molecule has 0 spiro atoms. The third kappa shape index (κ3) is 3.72. The molecule has 0 aliphatic rings. The summed E-state index contributed by atoms with van der Waals surface area (Å²) in [6, 6.07) is 31.1. The van der Waals surface area contributed by atoms with Crippen LogP contribution in [0.1, 0.15) is 27.2 Å². The van der Waals surface area contributed by atoms with E-state index >= 15 is 0 Å². The molecule has 3 nitrogen and oxygen atoms in total. The van der Waals surface area contributed by atoms with Crippen LogP contribution in [0, 0.1) is 0 Å². The molecule has 6 heteroatoms. The van der Waals surface area contributed by atoms with Crippen LogP contribution in [-0.4, -0.2) is 15.8 Å². The van der Waals surface area contributed by atoms with Gasteiger partial charge in [-0.1, -0.05) is 91.0 Å². The Labute approximate surface area is 213 Å². The zero-order valence-corrected chi connectivity index (χ0v) is 21.3. The summed E-state index contributed by atoms with van der Waals surface area (Å²) in [7, 11) is 0. The summed E-state index contributed by atoms with van der Waals surface area (Å²) in [5, 5.41) is 2.02. The quantitative estimate of drug-likeness (QED) is 0.152. The molecule has 3 aromatic carbocycles. The maximum Gasteiger partial charge on any atom is 0.170 e. The molecule has 0 unspecified atom stereocenters. The van der Waals surface area contributed by atoms with Gasteiger partial charge in [0.1, 0.15) is 11.2 Å². The molecule has 5 aromatic rings. The second kappa shape index (κ2) is 9.21. The highest BCUT2D eigenvalue weighted by Gasteiger charge is 2.40. The number of rotatable bonds is 6. The SMILES string of the molecule is O=Cc1cn(C(c2ccccc2)(c2ccccc2)c2ccccc2)c(-c2scc(Br)c2Br)n1. The smallest absolute Gasteiger partial charge is 0.170 e. The number of aromatic nitrogens is 2. The number of benzene rings is 3. The lowest BCUT2D eigenvalue weighted by atomic mass is 9.76. The minimum absolute atomic E-state index is 0.383. The Morgan fingerprint density at radius 3 is 1.67 bits per heavy atom. The molecule has 0 bridgehead atoms. The van der Waals surface area contributed by atoms with Crippen molar-refractivity contribution in [2.75, 3.05) is 0 Å². The standard InChI is InChI=1S/C27H18Br2N2OS/c28-23-18-33-25(24(23)29)26-30-22(17-32)16-31(26)27(19-10-4-1-5-11-19,20-12-6-2-7-13-20)21-14-8-3-9-15-21/h1-18H. The summed E-state index contributed by atoms with van der Waals surface area (Å²) in [4.78, 5) is 17.7. The number of imidazole rings is 1. The summed E-state index contributed by atoms with van der Waals surface area (Å²) in [6.07, 6.45) is 2.66. The van der Waals surface area contributed by atoms with Crippen LogP contribution in [0.5, 0.6) is 0 Å². The van der Waals surface area contributed by atoms with Crippen LogP contribution < -0.4 is 0 Å². The first-order valence-corrected chi connectivity index (χ1v) is 12.8. The summed E-state index contributed by atoms with van der Waals surface area (Å²) < 4.78 is 4.01. The first-order chi connectivity index (χ1) is 16.2. The van der Waals surface area contributed by atoms with Crippen LogP contribution in [0.4, 0.5) is 0 Å². The van der Waals surface area contributed by atoms with Gasteiger partial charge in [0.2, 0.25) is 0 Å². The maximum absolute atomic E-state index is 11.9. The summed E-state index contributed by atoms with van der Waals surface area (Å²) in [5.74, 6) is 0.719. The highest BCUT2D eigenvalue weighted by atomic mass is 79.9. The molecule has 2 heterocycles. The molecule has 0 saturated carbocycles. The van der Waals surface area contributed by atoms with Gasteiger partial charge >= 0.3 is 0 Å². The molecule has 33 heavy (non-hydrogen) atoms. The second-order valence-corrected chi connectivity index (χ2v) is 10.0. The topological polar surface area (TPSA) is 34.9 Å². The molecule has 0 fully saturated rings. The van der Waals surface area contributed by atoms with Gasteiger partial charge in [-0.05, 0) is 48.6 Å². The summed E-state index contributed by atoms with van der Waals surface area (Å²) in [6.45, 7) is 0. The molecule has 0 saturated heterocycles. The third-order valence-electron chi connectivity index (χ3n) is 5.67. The van der Waals surface area contributed by atoms with Crippen molar-refractivity contribution < 1.29 is 4.79 Å². The number of halogens is 2. The van der Waals surface area contributed by atoms with Crippen molar-refractivity contribution in [2.45, 2.75) is 5.54 Å². The van der Waals surface area contributed by atoms with E-state index in [-0.39, 0.29) is 0 Å². The van der Waals surface area contributed by atoms with Crippen LogP contribution >= 0.6 is 43.2 Å². The number of hydrogen-bond donors (Lipinski definition) is 0. The van der Waals surface area contributed by atoms with Crippen molar-refractivity contribution in [2.24, 2.45) is 0 Å². The number of thiophene rings is 1. The Morgan fingerprint density at radius 1 is 0.788 bits per heavy atom. The molecule has 2 aromatic heterocycles. The Hall–Kier alpha value is -2.80. The predicted molar refractivity (Wildman–Crippen MR) is 141 cm³/mol. The fraction of sp³-hybridized carbons (Fsp3) is 0.0370. The van der Waals surface area contributed by atoms with Crippen molar-refractivity contribution in [3.8, 4) is 10.7 Å². The van der Waals surface area contributed by atoms with Gasteiger partial charge in [-0.15, -0.1) is 11.3 Å². The van der Waals surface area contributed by atoms with Gasteiger partial charge in [0.15, 0.2) is 12.1 Å². The van der Waals surface area contributed by atoms with Crippen LogP contribution in [0.25, 0.3) is 10.7 Å². The molecule has 0 aliphatic carbocycles. The van der Waals surface area contributed by atoms with Gasteiger partial charge in [-0.2, -0.15) is 0 Å². The van der Waals surface area contributed by atoms with Crippen LogP contribution in [0.3, 0.4) is 0 Å². The Morgan fingerprint density at radius 2 is 1.27 bits per heavy atom. The minimum Gasteiger partial charge on any atom is -0.311 e. The molecular weight excluding hydrogens is 560 g/mol. The molecule has 0 N–H and O–H groups in total. The lowest BCUT2D eigenvalue weighted by molar-refractivity contribution is 0.111. The van der Waals surface area contributed by atoms with E-state index in [1.165, 1.54) is 0 Å². The Balaban J connectivity index is 1.96. The molecule has 162 valence electrons. The maximum atomic E-state index is 11.9. The van der Waals surface area contributed by atoms with Crippen LogP contribution in [-0.2, 0) is 5.54 Å². The first kappa shape index (κ1) is 22.0. The lowest BCUT2D eigenvalue weighted by Gasteiger charge is -2.38. The van der Waals surface area contributed by atoms with Gasteiger partial charge in [-0.3, -0.25) is 4.79 Å². The first-order valence-electron chi connectivity index (χ1n) is 10.3. The van der Waals surface area contributed by atoms with Crippen molar-refractivity contribution in [1.82, 2.24) is 9.55 Å². The van der Waals surface area contributed by atoms with Gasteiger partial charge in [0, 0.05) is 16.0 Å². The lowest BCUT2D eigenvalue weighted by Crippen LogP contribution is -2.37. The summed E-state index contributed by atoms with van der Waals surface area (Å²) in [5.41, 5.74) is 2.86. The van der Waals surface area contributed by atoms with E-state index in [9.17, 15) is 4.79 Å². The van der Waals surface area contributed by atoms with E-state index in [4.69, 9.17) is 4.98 Å². The normalized spacial score (nSPS) is 11.5. The number of carbonyl (C=O) groups is 1. The van der Waals surface area contributed by atoms with Crippen LogP contribution in [0.15, 0.2) is 112 Å². The second-order valence-electron chi connectivity index (χ2n) is 7.51. The molecule has 0 aliphatic heterocycles. The molecule has 0 atom stereocenters. The average molecular weight is 578 g/mol. The monoisotopic (exact) mass is 576 g/mol. The van der Waals surface area contributed by atoms with Gasteiger partial charge in [0.05, 0.1) is 9.35 Å². The molecule has 0 amide bonds. The fourth-order valence-corrected chi connectivity index (χ4v) is 6.44. The Kier molecular flexibility index (Phi) is 6.15. The van der Waals surface area contributed by atoms with E-state index in [2.05, 4.69) is 72.8 Å². The predicted octanol–water partition coefficient (Wildman–Crippen LogP) is 7.79. The summed E-state index contributed by atoms with van der Waals surface area (Å²) >= 11 is 8.89. The highest BCUT2D eigenvalue weighted by Crippen LogP contribution is 2.46. The zero-order valence-electron chi connectivity index (χ0n) is 17.4. The minimum atomic E-state index is -0.747. The number of hydrogen-bond acceptors (Lipinski definition) is 3.